The van der Waals surface area contributed by atoms with Gasteiger partial charge in [-0.2, -0.15) is 0 Å². The predicted octanol–water partition coefficient (Wildman–Crippen LogP) is 3.07. The van der Waals surface area contributed by atoms with Crippen molar-refractivity contribution in [1.29, 1.82) is 0 Å². The number of aryl methyl sites for hydroxylation is 1. The molecule has 1 aromatic carbocycles. The highest BCUT2D eigenvalue weighted by Crippen LogP contribution is 2.22. The molecule has 14 heavy (non-hydrogen) atoms. The number of para-hydroxylation sites is 1. The number of benzene rings is 1. The number of alkyl halides is 1. The lowest BCUT2D eigenvalue weighted by molar-refractivity contribution is -0.136. The van der Waals surface area contributed by atoms with Crippen LogP contribution in [-0.2, 0) is 4.79 Å². The zero-order valence-corrected chi connectivity index (χ0v) is 10.1. The van der Waals surface area contributed by atoms with Gasteiger partial charge in [-0.05, 0) is 32.4 Å². The van der Waals surface area contributed by atoms with Crippen LogP contribution < -0.4 is 4.74 Å². The molecule has 0 heterocycles. The Balaban J connectivity index is 2.80. The smallest absolute Gasteiger partial charge is 0.327 e. The van der Waals surface area contributed by atoms with E-state index in [0.717, 1.165) is 5.56 Å². The first-order valence-electron chi connectivity index (χ1n) is 4.38. The molecule has 0 aliphatic carbocycles. The number of hydrogen-bond acceptors (Lipinski definition) is 2. The lowest BCUT2D eigenvalue weighted by Crippen LogP contribution is -2.29. The summed E-state index contributed by atoms with van der Waals surface area (Å²) in [5.74, 6) is 0.330. The Morgan fingerprint density at radius 2 is 1.93 bits per heavy atom. The largest absolute Gasteiger partial charge is 0.425 e. The molecule has 3 heteroatoms. The van der Waals surface area contributed by atoms with Crippen molar-refractivity contribution in [3.8, 4) is 5.75 Å². The molecule has 1 rings (SSSR count). The van der Waals surface area contributed by atoms with Crippen LogP contribution in [0.2, 0.25) is 0 Å². The highest BCUT2D eigenvalue weighted by molar-refractivity contribution is 9.10. The maximum Gasteiger partial charge on any atom is 0.327 e. The third kappa shape index (κ3) is 2.84. The van der Waals surface area contributed by atoms with Gasteiger partial charge in [0.05, 0.1) is 0 Å². The van der Waals surface area contributed by atoms with Crippen LogP contribution in [-0.4, -0.2) is 10.3 Å². The molecular formula is C11H13BrO2. The Bertz CT molecular complexity index is 339. The first kappa shape index (κ1) is 11.2. The molecule has 0 N–H and O–H groups in total. The van der Waals surface area contributed by atoms with Crippen LogP contribution in [0.15, 0.2) is 24.3 Å². The van der Waals surface area contributed by atoms with Crippen LogP contribution in [0.25, 0.3) is 0 Å². The summed E-state index contributed by atoms with van der Waals surface area (Å²) in [6.45, 7) is 5.42. The Kier molecular flexibility index (Phi) is 3.32. The summed E-state index contributed by atoms with van der Waals surface area (Å²) < 4.78 is 4.58. The van der Waals surface area contributed by atoms with Crippen molar-refractivity contribution in [2.75, 3.05) is 0 Å². The van der Waals surface area contributed by atoms with E-state index in [9.17, 15) is 4.79 Å². The van der Waals surface area contributed by atoms with Gasteiger partial charge in [0.1, 0.15) is 10.1 Å². The van der Waals surface area contributed by atoms with Gasteiger partial charge in [-0.1, -0.05) is 34.1 Å². The number of carbonyl (C=O) groups excluding carboxylic acids is 1. The van der Waals surface area contributed by atoms with Gasteiger partial charge < -0.3 is 4.74 Å². The third-order valence-corrected chi connectivity index (χ3v) is 2.11. The van der Waals surface area contributed by atoms with Crippen molar-refractivity contribution >= 4 is 21.9 Å². The van der Waals surface area contributed by atoms with Crippen molar-refractivity contribution in [2.24, 2.45) is 0 Å². The monoisotopic (exact) mass is 256 g/mol. The highest BCUT2D eigenvalue weighted by atomic mass is 79.9. The maximum absolute atomic E-state index is 11.5. The van der Waals surface area contributed by atoms with E-state index < -0.39 is 4.32 Å². The van der Waals surface area contributed by atoms with Gasteiger partial charge in [-0.15, -0.1) is 0 Å². The second kappa shape index (κ2) is 4.13. The second-order valence-electron chi connectivity index (χ2n) is 3.63. The molecular weight excluding hydrogens is 244 g/mol. The van der Waals surface area contributed by atoms with Gasteiger partial charge in [0.2, 0.25) is 0 Å². The minimum absolute atomic E-state index is 0.285. The summed E-state index contributed by atoms with van der Waals surface area (Å²) in [6, 6.07) is 7.44. The van der Waals surface area contributed by atoms with E-state index in [-0.39, 0.29) is 5.97 Å². The number of esters is 1. The van der Waals surface area contributed by atoms with Gasteiger partial charge >= 0.3 is 5.97 Å². The molecule has 0 aliphatic heterocycles. The number of hydrogen-bond donors (Lipinski definition) is 0. The number of carbonyl (C=O) groups is 1. The van der Waals surface area contributed by atoms with Crippen LogP contribution in [0.5, 0.6) is 5.75 Å². The van der Waals surface area contributed by atoms with E-state index in [0.29, 0.717) is 5.75 Å². The zero-order chi connectivity index (χ0) is 10.8. The molecule has 0 radical (unpaired) electrons. The fourth-order valence-corrected chi connectivity index (χ4v) is 0.973. The standard InChI is InChI=1S/C11H13BrO2/c1-8-6-4-5-7-9(8)14-10(13)11(2,3)12/h4-7H,1-3H3. The van der Waals surface area contributed by atoms with Crippen LogP contribution in [0.4, 0.5) is 0 Å². The SMILES string of the molecule is Cc1ccccc1OC(=O)C(C)(C)Br. The molecule has 0 aromatic heterocycles. The van der Waals surface area contributed by atoms with Crippen molar-refractivity contribution in [1.82, 2.24) is 0 Å². The highest BCUT2D eigenvalue weighted by Gasteiger charge is 2.26. The van der Waals surface area contributed by atoms with Gasteiger partial charge in [0, 0.05) is 0 Å². The number of halogens is 1. The summed E-state index contributed by atoms with van der Waals surface area (Å²) in [6.07, 6.45) is 0. The third-order valence-electron chi connectivity index (χ3n) is 1.78. The normalized spacial score (nSPS) is 11.1. The molecule has 0 unspecified atom stereocenters. The molecule has 2 nitrogen and oxygen atoms in total. The van der Waals surface area contributed by atoms with Gasteiger partial charge in [-0.3, -0.25) is 4.79 Å². The molecule has 0 spiro atoms. The van der Waals surface area contributed by atoms with E-state index in [2.05, 4.69) is 15.9 Å². The summed E-state index contributed by atoms with van der Waals surface area (Å²) in [5.41, 5.74) is 0.956. The summed E-state index contributed by atoms with van der Waals surface area (Å²) in [5, 5.41) is 0. The molecule has 0 fully saturated rings. The fraction of sp³-hybridized carbons (Fsp3) is 0.364. The number of ether oxygens (including phenoxy) is 1. The van der Waals surface area contributed by atoms with Crippen LogP contribution in [0.1, 0.15) is 19.4 Å². The fourth-order valence-electron chi connectivity index (χ4n) is 0.892. The van der Waals surface area contributed by atoms with E-state index in [4.69, 9.17) is 4.74 Å². The average Bonchev–Trinajstić information content (AvgIpc) is 2.07. The van der Waals surface area contributed by atoms with Crippen molar-refractivity contribution in [2.45, 2.75) is 25.1 Å². The quantitative estimate of drug-likeness (QED) is 0.462. The van der Waals surface area contributed by atoms with Crippen LogP contribution >= 0.6 is 15.9 Å². The van der Waals surface area contributed by atoms with Crippen molar-refractivity contribution in [3.05, 3.63) is 29.8 Å². The lowest BCUT2D eigenvalue weighted by Gasteiger charge is -2.15. The minimum Gasteiger partial charge on any atom is -0.425 e. The molecule has 0 aliphatic rings. The Morgan fingerprint density at radius 1 is 1.36 bits per heavy atom. The van der Waals surface area contributed by atoms with Crippen LogP contribution in [0.3, 0.4) is 0 Å². The zero-order valence-electron chi connectivity index (χ0n) is 8.50. The minimum atomic E-state index is -0.644. The molecule has 76 valence electrons. The summed E-state index contributed by atoms with van der Waals surface area (Å²) >= 11 is 3.25. The predicted molar refractivity (Wildman–Crippen MR) is 59.8 cm³/mol. The maximum atomic E-state index is 11.5. The molecule has 0 atom stereocenters. The van der Waals surface area contributed by atoms with Crippen LogP contribution in [0, 0.1) is 6.92 Å². The molecule has 0 bridgehead atoms. The van der Waals surface area contributed by atoms with Gasteiger partial charge in [-0.25, -0.2) is 0 Å². The van der Waals surface area contributed by atoms with Crippen molar-refractivity contribution in [3.63, 3.8) is 0 Å². The van der Waals surface area contributed by atoms with Gasteiger partial charge in [0.15, 0.2) is 0 Å². The Labute approximate surface area is 92.4 Å². The van der Waals surface area contributed by atoms with E-state index in [1.165, 1.54) is 0 Å². The Morgan fingerprint density at radius 3 is 2.43 bits per heavy atom. The number of rotatable bonds is 2. The average molecular weight is 257 g/mol. The lowest BCUT2D eigenvalue weighted by atomic mass is 10.2. The van der Waals surface area contributed by atoms with E-state index >= 15 is 0 Å². The summed E-state index contributed by atoms with van der Waals surface area (Å²) in [4.78, 5) is 11.5. The molecule has 0 saturated carbocycles. The van der Waals surface area contributed by atoms with E-state index in [1.54, 1.807) is 19.9 Å². The topological polar surface area (TPSA) is 26.3 Å². The summed E-state index contributed by atoms with van der Waals surface area (Å²) in [7, 11) is 0. The van der Waals surface area contributed by atoms with E-state index in [1.807, 2.05) is 25.1 Å². The Hall–Kier alpha value is -0.830. The molecule has 0 amide bonds. The second-order valence-corrected chi connectivity index (χ2v) is 5.61. The van der Waals surface area contributed by atoms with Crippen molar-refractivity contribution < 1.29 is 9.53 Å². The molecule has 1 aromatic rings. The first-order valence-corrected chi connectivity index (χ1v) is 5.17. The van der Waals surface area contributed by atoms with Gasteiger partial charge in [0.25, 0.3) is 0 Å². The first-order chi connectivity index (χ1) is 6.41. The molecule has 0 saturated heterocycles.